The van der Waals surface area contributed by atoms with E-state index in [1.165, 1.54) is 6.07 Å². The molecule has 1 aliphatic heterocycles. The molecule has 7 nitrogen and oxygen atoms in total. The van der Waals surface area contributed by atoms with E-state index < -0.39 is 18.0 Å². The largest absolute Gasteiger partial charge is 0.504 e. The number of esters is 1. The molecule has 0 bridgehead atoms. The summed E-state index contributed by atoms with van der Waals surface area (Å²) in [6, 6.07) is 3.63. The number of aromatic hydroxyl groups is 1. The van der Waals surface area contributed by atoms with Gasteiger partial charge < -0.3 is 25.2 Å². The smallest absolute Gasteiger partial charge is 0.338 e. The molecule has 1 aliphatic rings. The molecule has 2 rings (SSSR count). The van der Waals surface area contributed by atoms with Crippen LogP contribution < -0.4 is 15.4 Å². The first-order valence-corrected chi connectivity index (χ1v) is 7.89. The quantitative estimate of drug-likeness (QED) is 0.694. The van der Waals surface area contributed by atoms with Gasteiger partial charge in [0.1, 0.15) is 0 Å². The fourth-order valence-corrected chi connectivity index (χ4v) is 2.47. The highest BCUT2D eigenvalue weighted by Crippen LogP contribution is 2.34. The van der Waals surface area contributed by atoms with E-state index in [-0.39, 0.29) is 5.75 Å². The Morgan fingerprint density at radius 2 is 2.08 bits per heavy atom. The first-order valence-electron chi connectivity index (χ1n) is 7.89. The molecule has 7 heteroatoms. The molecule has 0 aromatic heterocycles. The molecule has 1 unspecified atom stereocenters. The molecule has 0 spiro atoms. The topological polar surface area (TPSA) is 96.9 Å². The lowest BCUT2D eigenvalue weighted by molar-refractivity contribution is -0.139. The number of hydrogen-bond acceptors (Lipinski definition) is 5. The number of rotatable bonds is 6. The number of nitrogens with one attached hydrogen (secondary N) is 2. The Labute approximate surface area is 140 Å². The highest BCUT2D eigenvalue weighted by molar-refractivity contribution is 5.95. The number of phenolic OH excluding ortho intramolecular Hbond substituents is 1. The SMILES string of the molecule is CCCOC(=O)C1=C(C)NC(=O)NC1c1ccc(O)c(OCC)c1. The predicted molar refractivity (Wildman–Crippen MR) is 87.6 cm³/mol. The molecular weight excluding hydrogens is 312 g/mol. The maximum Gasteiger partial charge on any atom is 0.338 e. The van der Waals surface area contributed by atoms with Gasteiger partial charge in [-0.05, 0) is 38.0 Å². The van der Waals surface area contributed by atoms with Gasteiger partial charge in [0.25, 0.3) is 0 Å². The Balaban J connectivity index is 2.41. The van der Waals surface area contributed by atoms with Gasteiger partial charge in [0.15, 0.2) is 11.5 Å². The molecule has 1 aromatic rings. The number of ether oxygens (including phenoxy) is 2. The first-order chi connectivity index (χ1) is 11.5. The summed E-state index contributed by atoms with van der Waals surface area (Å²) < 4.78 is 10.6. The average Bonchev–Trinajstić information content (AvgIpc) is 2.54. The van der Waals surface area contributed by atoms with Crippen molar-refractivity contribution in [3.63, 3.8) is 0 Å². The van der Waals surface area contributed by atoms with Crippen LogP contribution in [0.25, 0.3) is 0 Å². The minimum Gasteiger partial charge on any atom is -0.504 e. The van der Waals surface area contributed by atoms with Crippen molar-refractivity contribution < 1.29 is 24.2 Å². The Morgan fingerprint density at radius 1 is 1.33 bits per heavy atom. The van der Waals surface area contributed by atoms with Crippen LogP contribution in [0.4, 0.5) is 4.79 Å². The van der Waals surface area contributed by atoms with Crippen LogP contribution in [0.3, 0.4) is 0 Å². The number of urea groups is 1. The van der Waals surface area contributed by atoms with Gasteiger partial charge in [-0.25, -0.2) is 9.59 Å². The Kier molecular flexibility index (Phi) is 5.68. The Hall–Kier alpha value is -2.70. The van der Waals surface area contributed by atoms with Gasteiger partial charge in [-0.15, -0.1) is 0 Å². The number of carbonyl (C=O) groups is 2. The maximum absolute atomic E-state index is 12.4. The van der Waals surface area contributed by atoms with Crippen molar-refractivity contribution in [1.82, 2.24) is 10.6 Å². The van der Waals surface area contributed by atoms with Crippen molar-refractivity contribution in [3.05, 3.63) is 35.0 Å². The molecule has 0 aliphatic carbocycles. The van der Waals surface area contributed by atoms with Crippen LogP contribution in [0.1, 0.15) is 38.8 Å². The monoisotopic (exact) mass is 334 g/mol. The third kappa shape index (κ3) is 3.79. The molecule has 2 amide bonds. The zero-order valence-electron chi connectivity index (χ0n) is 14.0. The normalized spacial score (nSPS) is 17.1. The molecule has 0 saturated heterocycles. The number of amides is 2. The van der Waals surface area contributed by atoms with Gasteiger partial charge in [-0.1, -0.05) is 13.0 Å². The summed E-state index contributed by atoms with van der Waals surface area (Å²) in [5.74, 6) is -0.198. The van der Waals surface area contributed by atoms with E-state index in [0.29, 0.717) is 42.2 Å². The predicted octanol–water partition coefficient (Wildman–Crippen LogP) is 2.37. The third-order valence-electron chi connectivity index (χ3n) is 3.54. The lowest BCUT2D eigenvalue weighted by Gasteiger charge is -2.28. The number of carbonyl (C=O) groups excluding carboxylic acids is 2. The minimum atomic E-state index is -0.678. The van der Waals surface area contributed by atoms with Gasteiger partial charge in [0.2, 0.25) is 0 Å². The van der Waals surface area contributed by atoms with Crippen LogP contribution >= 0.6 is 0 Å². The van der Waals surface area contributed by atoms with Crippen molar-refractivity contribution in [3.8, 4) is 11.5 Å². The molecule has 0 fully saturated rings. The van der Waals surface area contributed by atoms with Gasteiger partial charge >= 0.3 is 12.0 Å². The third-order valence-corrected chi connectivity index (χ3v) is 3.54. The summed E-state index contributed by atoms with van der Waals surface area (Å²) >= 11 is 0. The second kappa shape index (κ2) is 7.72. The maximum atomic E-state index is 12.4. The Bertz CT molecular complexity index is 669. The fraction of sp³-hybridized carbons (Fsp3) is 0.412. The van der Waals surface area contributed by atoms with Crippen LogP contribution in [-0.2, 0) is 9.53 Å². The summed E-state index contributed by atoms with van der Waals surface area (Å²) in [7, 11) is 0. The summed E-state index contributed by atoms with van der Waals surface area (Å²) in [5.41, 5.74) is 1.39. The number of benzene rings is 1. The van der Waals surface area contributed by atoms with E-state index in [1.807, 2.05) is 6.92 Å². The molecule has 24 heavy (non-hydrogen) atoms. The van der Waals surface area contributed by atoms with Crippen LogP contribution in [-0.4, -0.2) is 30.3 Å². The van der Waals surface area contributed by atoms with Gasteiger partial charge in [0.05, 0.1) is 24.8 Å². The molecule has 1 aromatic carbocycles. The zero-order valence-corrected chi connectivity index (χ0v) is 14.0. The summed E-state index contributed by atoms with van der Waals surface area (Å²) in [4.78, 5) is 24.2. The van der Waals surface area contributed by atoms with Crippen molar-refractivity contribution in [2.75, 3.05) is 13.2 Å². The minimum absolute atomic E-state index is 0.00308. The van der Waals surface area contributed by atoms with E-state index >= 15 is 0 Å². The number of phenols is 1. The second-order valence-corrected chi connectivity index (χ2v) is 5.37. The number of hydrogen-bond donors (Lipinski definition) is 3. The first kappa shape index (κ1) is 17.7. The molecular formula is C17H22N2O5. The standard InChI is InChI=1S/C17H22N2O5/c1-4-8-24-16(21)14-10(3)18-17(22)19-15(14)11-6-7-12(20)13(9-11)23-5-2/h6-7,9,15,20H,4-5,8H2,1-3H3,(H2,18,19,22). The van der Waals surface area contributed by atoms with E-state index in [1.54, 1.807) is 26.0 Å². The number of allylic oxidation sites excluding steroid dienone is 1. The molecule has 3 N–H and O–H groups in total. The highest BCUT2D eigenvalue weighted by atomic mass is 16.5. The molecule has 0 radical (unpaired) electrons. The molecule has 1 atom stereocenters. The van der Waals surface area contributed by atoms with Crippen LogP contribution in [0, 0.1) is 0 Å². The molecule has 130 valence electrons. The van der Waals surface area contributed by atoms with Crippen molar-refractivity contribution in [1.29, 1.82) is 0 Å². The second-order valence-electron chi connectivity index (χ2n) is 5.37. The summed E-state index contributed by atoms with van der Waals surface area (Å²) in [6.07, 6.45) is 0.705. The zero-order chi connectivity index (χ0) is 17.7. The molecule has 0 saturated carbocycles. The lowest BCUT2D eigenvalue weighted by atomic mass is 9.95. The van der Waals surface area contributed by atoms with E-state index in [4.69, 9.17) is 9.47 Å². The highest BCUT2D eigenvalue weighted by Gasteiger charge is 2.32. The van der Waals surface area contributed by atoms with Crippen molar-refractivity contribution >= 4 is 12.0 Å². The van der Waals surface area contributed by atoms with E-state index in [9.17, 15) is 14.7 Å². The van der Waals surface area contributed by atoms with Crippen LogP contribution in [0.15, 0.2) is 29.5 Å². The average molecular weight is 334 g/mol. The lowest BCUT2D eigenvalue weighted by Crippen LogP contribution is -2.45. The van der Waals surface area contributed by atoms with Crippen molar-refractivity contribution in [2.24, 2.45) is 0 Å². The van der Waals surface area contributed by atoms with Crippen molar-refractivity contribution in [2.45, 2.75) is 33.2 Å². The van der Waals surface area contributed by atoms with Crippen LogP contribution in [0.2, 0.25) is 0 Å². The summed E-state index contributed by atoms with van der Waals surface area (Å²) in [5, 5.41) is 15.1. The summed E-state index contributed by atoms with van der Waals surface area (Å²) in [6.45, 7) is 6.04. The van der Waals surface area contributed by atoms with Gasteiger partial charge in [0, 0.05) is 5.70 Å². The fourth-order valence-electron chi connectivity index (χ4n) is 2.47. The van der Waals surface area contributed by atoms with E-state index in [0.717, 1.165) is 0 Å². The van der Waals surface area contributed by atoms with Gasteiger partial charge in [-0.3, -0.25) is 0 Å². The van der Waals surface area contributed by atoms with Crippen LogP contribution in [0.5, 0.6) is 11.5 Å². The van der Waals surface area contributed by atoms with Gasteiger partial charge in [-0.2, -0.15) is 0 Å². The molecule has 1 heterocycles. The Morgan fingerprint density at radius 3 is 2.75 bits per heavy atom. The van der Waals surface area contributed by atoms with E-state index in [2.05, 4.69) is 10.6 Å².